The lowest BCUT2D eigenvalue weighted by Gasteiger charge is -2.23. The highest BCUT2D eigenvalue weighted by Gasteiger charge is 2.23. The van der Waals surface area contributed by atoms with Crippen LogP contribution in [0, 0.1) is 0 Å². The topological polar surface area (TPSA) is 64.6 Å². The standard InChI is InChI=1S/C30H32O7P2/c1-25(32-38(34-27-15-7-3-8-16-27)35-28-17-9-4-10-18-28)23-31-24-26(2)33-39(36-29-19-11-5-12-20-29)37-30-21-13-6-14-22-30/h3-22,25-26H,23-24H2,1-2H3/t25-,26-/m0/s1. The lowest BCUT2D eigenvalue weighted by atomic mass is 10.3. The molecule has 0 N–H and O–H groups in total. The second-order valence-electron chi connectivity index (χ2n) is 8.43. The van der Waals surface area contributed by atoms with E-state index in [0.29, 0.717) is 36.2 Å². The van der Waals surface area contributed by atoms with Crippen molar-refractivity contribution in [1.82, 2.24) is 0 Å². The van der Waals surface area contributed by atoms with E-state index in [0.717, 1.165) is 0 Å². The third kappa shape index (κ3) is 10.8. The third-order valence-corrected chi connectivity index (χ3v) is 7.43. The fourth-order valence-electron chi connectivity index (χ4n) is 3.15. The quantitative estimate of drug-likeness (QED) is 0.126. The number of hydrogen-bond acceptors (Lipinski definition) is 7. The van der Waals surface area contributed by atoms with E-state index in [-0.39, 0.29) is 12.2 Å². The molecule has 4 rings (SSSR count). The van der Waals surface area contributed by atoms with Crippen molar-refractivity contribution < 1.29 is 31.9 Å². The van der Waals surface area contributed by atoms with Crippen molar-refractivity contribution in [3.05, 3.63) is 121 Å². The van der Waals surface area contributed by atoms with E-state index in [1.54, 1.807) is 0 Å². The van der Waals surface area contributed by atoms with Crippen LogP contribution in [0.25, 0.3) is 0 Å². The van der Waals surface area contributed by atoms with Gasteiger partial charge in [-0.25, -0.2) is 0 Å². The van der Waals surface area contributed by atoms with Crippen LogP contribution in [0.3, 0.4) is 0 Å². The summed E-state index contributed by atoms with van der Waals surface area (Å²) in [5.41, 5.74) is 0. The SMILES string of the molecule is C[C@@H](COC[C@H](C)OP(Oc1ccccc1)Oc1ccccc1)OP(Oc1ccccc1)Oc1ccccc1. The maximum atomic E-state index is 6.09. The van der Waals surface area contributed by atoms with Gasteiger partial charge >= 0.3 is 17.2 Å². The lowest BCUT2D eigenvalue weighted by Crippen LogP contribution is -2.21. The van der Waals surface area contributed by atoms with Crippen molar-refractivity contribution in [2.75, 3.05) is 13.2 Å². The predicted octanol–water partition coefficient (Wildman–Crippen LogP) is 8.58. The molecule has 0 aromatic heterocycles. The molecule has 7 nitrogen and oxygen atoms in total. The van der Waals surface area contributed by atoms with Gasteiger partial charge in [0.25, 0.3) is 0 Å². The van der Waals surface area contributed by atoms with Gasteiger partial charge in [0.2, 0.25) is 0 Å². The van der Waals surface area contributed by atoms with Gasteiger partial charge in [-0.3, -0.25) is 9.05 Å². The summed E-state index contributed by atoms with van der Waals surface area (Å²) in [4.78, 5) is 0. The molecule has 0 aliphatic heterocycles. The van der Waals surface area contributed by atoms with E-state index in [2.05, 4.69) is 0 Å². The summed E-state index contributed by atoms with van der Waals surface area (Å²) in [6.07, 6.45) is -0.586. The van der Waals surface area contributed by atoms with Crippen LogP contribution in [0.2, 0.25) is 0 Å². The summed E-state index contributed by atoms with van der Waals surface area (Å²) >= 11 is 0. The number of para-hydroxylation sites is 4. The molecule has 204 valence electrons. The van der Waals surface area contributed by atoms with Crippen LogP contribution in [-0.2, 0) is 13.8 Å². The molecule has 0 spiro atoms. The molecule has 2 atom stereocenters. The van der Waals surface area contributed by atoms with Crippen LogP contribution in [0.1, 0.15) is 13.8 Å². The summed E-state index contributed by atoms with van der Waals surface area (Å²) in [7, 11) is -3.41. The van der Waals surface area contributed by atoms with Crippen molar-refractivity contribution in [2.24, 2.45) is 0 Å². The van der Waals surface area contributed by atoms with Gasteiger partial charge in [-0.15, -0.1) is 0 Å². The van der Waals surface area contributed by atoms with Gasteiger partial charge in [0.1, 0.15) is 23.0 Å². The van der Waals surface area contributed by atoms with E-state index in [9.17, 15) is 0 Å². The molecular weight excluding hydrogens is 534 g/mol. The Morgan fingerprint density at radius 1 is 0.436 bits per heavy atom. The first-order chi connectivity index (χ1) is 19.1. The Morgan fingerprint density at radius 2 is 0.692 bits per heavy atom. The summed E-state index contributed by atoms with van der Waals surface area (Å²) in [5.74, 6) is 2.67. The fraction of sp³-hybridized carbons (Fsp3) is 0.200. The minimum absolute atomic E-state index is 0.293. The minimum atomic E-state index is -1.70. The molecule has 0 radical (unpaired) electrons. The van der Waals surface area contributed by atoms with Gasteiger partial charge in [-0.1, -0.05) is 72.8 Å². The van der Waals surface area contributed by atoms with Crippen LogP contribution in [-0.4, -0.2) is 25.4 Å². The van der Waals surface area contributed by atoms with Gasteiger partial charge < -0.3 is 22.8 Å². The van der Waals surface area contributed by atoms with Gasteiger partial charge in [-0.2, -0.15) is 0 Å². The molecule has 0 bridgehead atoms. The van der Waals surface area contributed by atoms with Gasteiger partial charge in [0.15, 0.2) is 0 Å². The molecule has 0 unspecified atom stereocenters. The Bertz CT molecular complexity index is 1010. The molecule has 0 aliphatic carbocycles. The lowest BCUT2D eigenvalue weighted by molar-refractivity contribution is 0.0146. The second-order valence-corrected chi connectivity index (χ2v) is 10.5. The monoisotopic (exact) mass is 566 g/mol. The fourth-order valence-corrected chi connectivity index (χ4v) is 5.28. The Morgan fingerprint density at radius 3 is 0.949 bits per heavy atom. The molecule has 0 saturated heterocycles. The van der Waals surface area contributed by atoms with E-state index in [4.69, 9.17) is 31.9 Å². The highest BCUT2D eigenvalue weighted by Crippen LogP contribution is 2.43. The first-order valence-electron chi connectivity index (χ1n) is 12.6. The molecule has 39 heavy (non-hydrogen) atoms. The second kappa shape index (κ2) is 16.0. The van der Waals surface area contributed by atoms with Crippen molar-refractivity contribution in [3.63, 3.8) is 0 Å². The normalized spacial score (nSPS) is 12.6. The molecule has 0 saturated carbocycles. The molecular formula is C30H32O7P2. The van der Waals surface area contributed by atoms with E-state index in [1.165, 1.54) is 0 Å². The minimum Gasteiger partial charge on any atom is -0.418 e. The molecule has 4 aromatic rings. The molecule has 0 heterocycles. The van der Waals surface area contributed by atoms with Gasteiger partial charge in [0.05, 0.1) is 25.4 Å². The first kappa shape index (κ1) is 28.8. The van der Waals surface area contributed by atoms with Crippen LogP contribution < -0.4 is 18.1 Å². The Labute approximate surface area is 232 Å². The Balaban J connectivity index is 1.27. The maximum Gasteiger partial charge on any atom is 0.463 e. The van der Waals surface area contributed by atoms with Crippen molar-refractivity contribution >= 4 is 17.2 Å². The van der Waals surface area contributed by atoms with E-state index < -0.39 is 17.2 Å². The van der Waals surface area contributed by atoms with E-state index >= 15 is 0 Å². The van der Waals surface area contributed by atoms with Crippen molar-refractivity contribution in [1.29, 1.82) is 0 Å². The van der Waals surface area contributed by atoms with Crippen molar-refractivity contribution in [2.45, 2.75) is 26.1 Å². The van der Waals surface area contributed by atoms with Gasteiger partial charge in [-0.05, 0) is 62.4 Å². The Hall–Kier alpha value is -3.18. The smallest absolute Gasteiger partial charge is 0.418 e. The molecule has 0 aliphatic rings. The maximum absolute atomic E-state index is 6.09. The highest BCUT2D eigenvalue weighted by atomic mass is 31.2. The largest absolute Gasteiger partial charge is 0.463 e. The van der Waals surface area contributed by atoms with Crippen LogP contribution in [0.15, 0.2) is 121 Å². The number of hydrogen-bond donors (Lipinski definition) is 0. The van der Waals surface area contributed by atoms with Crippen LogP contribution >= 0.6 is 17.2 Å². The van der Waals surface area contributed by atoms with E-state index in [1.807, 2.05) is 135 Å². The summed E-state index contributed by atoms with van der Waals surface area (Å²) < 4.78 is 42.1. The summed E-state index contributed by atoms with van der Waals surface area (Å²) in [5, 5.41) is 0. The number of ether oxygens (including phenoxy) is 1. The molecule has 0 fully saturated rings. The van der Waals surface area contributed by atoms with Crippen LogP contribution in [0.5, 0.6) is 23.0 Å². The highest BCUT2D eigenvalue weighted by molar-refractivity contribution is 7.42. The average molecular weight is 567 g/mol. The number of benzene rings is 4. The first-order valence-corrected chi connectivity index (χ1v) is 14.8. The zero-order valence-corrected chi connectivity index (χ0v) is 23.7. The van der Waals surface area contributed by atoms with Crippen LogP contribution in [0.4, 0.5) is 0 Å². The zero-order chi connectivity index (χ0) is 27.1. The Kier molecular flexibility index (Phi) is 11.9. The summed E-state index contributed by atoms with van der Waals surface area (Å²) in [6, 6.07) is 37.8. The number of rotatable bonds is 16. The average Bonchev–Trinajstić information content (AvgIpc) is 2.95. The zero-order valence-electron chi connectivity index (χ0n) is 21.9. The van der Waals surface area contributed by atoms with Gasteiger partial charge in [0, 0.05) is 0 Å². The summed E-state index contributed by atoms with van der Waals surface area (Å²) in [6.45, 7) is 4.46. The molecule has 9 heteroatoms. The molecule has 4 aromatic carbocycles. The van der Waals surface area contributed by atoms with Crippen molar-refractivity contribution in [3.8, 4) is 23.0 Å². The molecule has 0 amide bonds. The third-order valence-electron chi connectivity index (χ3n) is 4.93. The predicted molar refractivity (Wildman–Crippen MR) is 154 cm³/mol.